The maximum atomic E-state index is 12.7. The summed E-state index contributed by atoms with van der Waals surface area (Å²) in [6, 6.07) is 8.49. The van der Waals surface area contributed by atoms with Gasteiger partial charge in [-0.05, 0) is 69.2 Å². The molecule has 6 fully saturated rings. The van der Waals surface area contributed by atoms with E-state index in [0.29, 0.717) is 63.0 Å². The van der Waals surface area contributed by atoms with Gasteiger partial charge in [-0.25, -0.2) is 4.79 Å². The monoisotopic (exact) mass is 643 g/mol. The van der Waals surface area contributed by atoms with Crippen molar-refractivity contribution in [1.29, 1.82) is 0 Å². The van der Waals surface area contributed by atoms with Crippen molar-refractivity contribution >= 4 is 22.8 Å². The van der Waals surface area contributed by atoms with Crippen LogP contribution in [0.4, 0.5) is 8.78 Å². The van der Waals surface area contributed by atoms with Crippen molar-refractivity contribution in [2.24, 2.45) is 23.2 Å². The second kappa shape index (κ2) is 14.6. The molecular formula is C32H45F2O9S+. The number of alkyl halides is 2. The summed E-state index contributed by atoms with van der Waals surface area (Å²) in [5.41, 5.74) is -0.546. The van der Waals surface area contributed by atoms with Gasteiger partial charge in [-0.3, -0.25) is 4.79 Å². The molecule has 2 atom stereocenters. The number of hydrogen-bond donors (Lipinski definition) is 0. The van der Waals surface area contributed by atoms with Crippen LogP contribution in [0.3, 0.4) is 0 Å². The summed E-state index contributed by atoms with van der Waals surface area (Å²) in [6.45, 7) is 6.90. The molecule has 6 aliphatic rings. The highest BCUT2D eigenvalue weighted by Gasteiger charge is 2.67. The van der Waals surface area contributed by atoms with E-state index in [2.05, 4.69) is 29.0 Å². The van der Waals surface area contributed by atoms with Gasteiger partial charge in [0, 0.05) is 36.3 Å². The summed E-state index contributed by atoms with van der Waals surface area (Å²) in [5, 5.41) is 0. The first kappa shape index (κ1) is 33.4. The average Bonchev–Trinajstić information content (AvgIpc) is 3.51. The van der Waals surface area contributed by atoms with E-state index in [1.54, 1.807) is 0 Å². The lowest BCUT2D eigenvalue weighted by Gasteiger charge is -2.61. The zero-order valence-corrected chi connectivity index (χ0v) is 26.5. The maximum absolute atomic E-state index is 12.7. The van der Waals surface area contributed by atoms with E-state index in [9.17, 15) is 18.4 Å². The molecule has 1 aromatic carbocycles. The van der Waals surface area contributed by atoms with Crippen molar-refractivity contribution < 1.29 is 51.5 Å². The van der Waals surface area contributed by atoms with Crippen molar-refractivity contribution in [3.8, 4) is 5.75 Å². The predicted octanol–water partition coefficient (Wildman–Crippen LogP) is 4.41. The smallest absolute Gasteiger partial charge is 0.376 e. The van der Waals surface area contributed by atoms with E-state index in [4.69, 9.17) is 28.4 Å². The summed E-state index contributed by atoms with van der Waals surface area (Å²) in [5.74, 6) is -1.89. The Balaban J connectivity index is 0.000000187. The van der Waals surface area contributed by atoms with E-state index in [1.165, 1.54) is 4.90 Å². The Bertz CT molecular complexity index is 1080. The quantitative estimate of drug-likeness (QED) is 0.197. The highest BCUT2D eigenvalue weighted by Crippen LogP contribution is 2.65. The molecule has 246 valence electrons. The molecule has 0 radical (unpaired) electrons. The lowest BCUT2D eigenvalue weighted by Crippen LogP contribution is -2.63. The molecule has 2 aliphatic heterocycles. The molecule has 4 saturated carbocycles. The van der Waals surface area contributed by atoms with Gasteiger partial charge < -0.3 is 33.2 Å². The van der Waals surface area contributed by atoms with Crippen LogP contribution < -0.4 is 4.74 Å². The summed E-state index contributed by atoms with van der Waals surface area (Å²) in [4.78, 5) is 25.2. The van der Waals surface area contributed by atoms with Gasteiger partial charge in [0.05, 0.1) is 38.4 Å². The number of rotatable bonds is 11. The molecule has 2 unspecified atom stereocenters. The van der Waals surface area contributed by atoms with E-state index in [1.807, 2.05) is 6.92 Å². The Morgan fingerprint density at radius 2 is 1.55 bits per heavy atom. The minimum absolute atomic E-state index is 0.195. The van der Waals surface area contributed by atoms with Gasteiger partial charge in [0.15, 0.2) is 10.7 Å². The molecule has 44 heavy (non-hydrogen) atoms. The Labute approximate surface area is 260 Å². The van der Waals surface area contributed by atoms with Crippen molar-refractivity contribution in [2.45, 2.75) is 62.6 Å². The van der Waals surface area contributed by atoms with E-state index in [0.717, 1.165) is 56.3 Å². The molecule has 2 heterocycles. The van der Waals surface area contributed by atoms with Crippen molar-refractivity contribution in [3.63, 3.8) is 0 Å². The fourth-order valence-electron chi connectivity index (χ4n) is 7.49. The highest BCUT2D eigenvalue weighted by molar-refractivity contribution is 7.97. The summed E-state index contributed by atoms with van der Waals surface area (Å²) in [6.07, 6.45) is 4.16. The first-order valence-corrected chi connectivity index (χ1v) is 17.3. The average molecular weight is 644 g/mol. The molecule has 2 saturated heterocycles. The molecule has 7 rings (SSSR count). The van der Waals surface area contributed by atoms with Crippen LogP contribution in [0.1, 0.15) is 46.0 Å². The first-order valence-electron chi connectivity index (χ1n) is 15.7. The van der Waals surface area contributed by atoms with Gasteiger partial charge in [-0.15, -0.1) is 0 Å². The molecule has 0 aromatic heterocycles. The van der Waals surface area contributed by atoms with Crippen LogP contribution in [0.2, 0.25) is 0 Å². The zero-order valence-electron chi connectivity index (χ0n) is 25.7. The van der Waals surface area contributed by atoms with Gasteiger partial charge in [-0.1, -0.05) is 0 Å². The lowest BCUT2D eigenvalue weighted by molar-refractivity contribution is -0.301. The van der Waals surface area contributed by atoms with Crippen molar-refractivity contribution in [2.75, 3.05) is 71.0 Å². The third-order valence-electron chi connectivity index (χ3n) is 9.21. The summed E-state index contributed by atoms with van der Waals surface area (Å²) in [7, 11) is 0.370. The molecule has 9 nitrogen and oxygen atoms in total. The fraction of sp³-hybridized carbons (Fsp3) is 0.750. The summed E-state index contributed by atoms with van der Waals surface area (Å²) >= 11 is 0. The second-order valence-corrected chi connectivity index (χ2v) is 14.5. The Hall–Kier alpha value is -1.99. The molecule has 12 heteroatoms. The number of hydrogen-bond acceptors (Lipinski definition) is 9. The number of carbonyl (C=O) groups is 2. The first-order chi connectivity index (χ1) is 21.1. The van der Waals surface area contributed by atoms with Crippen molar-refractivity contribution in [3.05, 3.63) is 24.3 Å². The van der Waals surface area contributed by atoms with E-state index < -0.39 is 23.1 Å². The molecule has 0 N–H and O–H groups in total. The van der Waals surface area contributed by atoms with E-state index >= 15 is 0 Å². The fourth-order valence-corrected chi connectivity index (χ4v) is 9.33. The molecule has 0 amide bonds. The third kappa shape index (κ3) is 7.68. The van der Waals surface area contributed by atoms with Crippen LogP contribution in [0, 0.1) is 23.2 Å². The number of benzene rings is 1. The number of halogens is 2. The normalized spacial score (nSPS) is 28.8. The number of esters is 2. The molecule has 4 bridgehead atoms. The van der Waals surface area contributed by atoms with Crippen LogP contribution in [0.15, 0.2) is 29.2 Å². The Kier molecular flexibility index (Phi) is 11.1. The largest absolute Gasteiger partial charge is 0.491 e. The molecule has 4 aliphatic carbocycles. The van der Waals surface area contributed by atoms with Crippen LogP contribution in [-0.4, -0.2) is 94.6 Å². The van der Waals surface area contributed by atoms with Gasteiger partial charge in [0.2, 0.25) is 0 Å². The highest BCUT2D eigenvalue weighted by atomic mass is 32.2. The third-order valence-corrected chi connectivity index (χ3v) is 11.5. The van der Waals surface area contributed by atoms with E-state index in [-0.39, 0.29) is 31.0 Å². The standard InChI is InChI=1S/C18H24F2O6.C14H21O3S/c1-16(19,20)14(21)23-2-3-24-15(22)17-8-11-6-12(9-17)18(13(7-11)10-17)25-4-5-26-18;1-2-15-7-8-17-13-3-5-14(6-4-13)18-11-9-16-10-12-18/h11-13H,2-10H2,1H3;3-6H,2,7-12H2,1H3/q;+1. The van der Waals surface area contributed by atoms with Crippen LogP contribution >= 0.6 is 0 Å². The number of ether oxygens (including phenoxy) is 7. The van der Waals surface area contributed by atoms with Gasteiger partial charge in [0.1, 0.15) is 37.1 Å². The van der Waals surface area contributed by atoms with Crippen LogP contribution in [0.5, 0.6) is 5.75 Å². The van der Waals surface area contributed by atoms with Gasteiger partial charge in [-0.2, -0.15) is 8.78 Å². The van der Waals surface area contributed by atoms with Crippen LogP contribution in [0.25, 0.3) is 0 Å². The minimum atomic E-state index is -3.54. The van der Waals surface area contributed by atoms with Gasteiger partial charge >= 0.3 is 17.9 Å². The second-order valence-electron chi connectivity index (χ2n) is 12.2. The Morgan fingerprint density at radius 3 is 2.16 bits per heavy atom. The lowest BCUT2D eigenvalue weighted by atomic mass is 9.47. The maximum Gasteiger partial charge on any atom is 0.376 e. The topological polar surface area (TPSA) is 98.8 Å². The van der Waals surface area contributed by atoms with Crippen LogP contribution in [-0.2, 0) is 48.9 Å². The van der Waals surface area contributed by atoms with Gasteiger partial charge in [0.25, 0.3) is 0 Å². The molecule has 1 aromatic rings. The molecular weight excluding hydrogens is 598 g/mol. The summed E-state index contributed by atoms with van der Waals surface area (Å²) < 4.78 is 63.5. The zero-order chi connectivity index (χ0) is 31.2. The minimum Gasteiger partial charge on any atom is -0.491 e. The van der Waals surface area contributed by atoms with Crippen molar-refractivity contribution in [1.82, 2.24) is 0 Å². The number of carbonyl (C=O) groups excluding carboxylic acids is 2. The Morgan fingerprint density at radius 1 is 0.909 bits per heavy atom. The molecule has 1 spiro atoms. The SMILES string of the molecule is CC(F)(F)C(=O)OCCOC(=O)C12CC3CC(C1)C1(OCCO1)C(C3)C2.CCOCCOc1ccc([S+]2CCOCC2)cc1. The predicted molar refractivity (Wildman–Crippen MR) is 158 cm³/mol.